The molecule has 2 heterocycles. The molecule has 1 unspecified atom stereocenters. The van der Waals surface area contributed by atoms with Gasteiger partial charge in [0.1, 0.15) is 0 Å². The number of hydrogen-bond donors (Lipinski definition) is 1. The van der Waals surface area contributed by atoms with E-state index in [1.165, 1.54) is 32.4 Å². The van der Waals surface area contributed by atoms with Crippen LogP contribution in [-0.4, -0.2) is 80.5 Å². The average Bonchev–Trinajstić information content (AvgIpc) is 3.23. The van der Waals surface area contributed by atoms with Crippen LogP contribution in [0.25, 0.3) is 0 Å². The second-order valence-electron chi connectivity index (χ2n) is 7.81. The first-order valence-electron chi connectivity index (χ1n) is 8.74. The molecule has 0 aromatic carbocycles. The molecule has 3 aliphatic rings. The van der Waals surface area contributed by atoms with E-state index in [4.69, 9.17) is 0 Å². The van der Waals surface area contributed by atoms with E-state index in [1.54, 1.807) is 7.05 Å². The fourth-order valence-corrected chi connectivity index (χ4v) is 5.06. The van der Waals surface area contributed by atoms with Gasteiger partial charge >= 0.3 is 0 Å². The molecule has 3 rings (SSSR count). The van der Waals surface area contributed by atoms with Crippen molar-refractivity contribution in [3.63, 3.8) is 0 Å². The predicted molar refractivity (Wildman–Crippen MR) is 109 cm³/mol. The van der Waals surface area contributed by atoms with Gasteiger partial charge in [0.15, 0.2) is 15.8 Å². The lowest BCUT2D eigenvalue weighted by molar-refractivity contribution is 0.311. The topological polar surface area (TPSA) is 65.0 Å². The van der Waals surface area contributed by atoms with Crippen LogP contribution in [0.15, 0.2) is 4.99 Å². The van der Waals surface area contributed by atoms with Gasteiger partial charge < -0.3 is 15.1 Å². The smallest absolute Gasteiger partial charge is 0.193 e. The number of halogens is 1. The van der Waals surface area contributed by atoms with Crippen molar-refractivity contribution < 1.29 is 8.42 Å². The second-order valence-corrected chi connectivity index (χ2v) is 10.6. The molecule has 0 aromatic rings. The minimum absolute atomic E-state index is 0. The normalized spacial score (nSPS) is 30.0. The van der Waals surface area contributed by atoms with Gasteiger partial charge in [0.05, 0.1) is 10.5 Å². The fourth-order valence-electron chi connectivity index (χ4n) is 3.69. The van der Waals surface area contributed by atoms with Crippen LogP contribution in [0.2, 0.25) is 0 Å². The largest absolute Gasteiger partial charge is 0.356 e. The summed E-state index contributed by atoms with van der Waals surface area (Å²) < 4.78 is 23.6. The lowest BCUT2D eigenvalue weighted by Crippen LogP contribution is -2.57. The molecule has 2 saturated heterocycles. The van der Waals surface area contributed by atoms with Crippen LogP contribution in [-0.2, 0) is 9.84 Å². The third-order valence-corrected chi connectivity index (χ3v) is 8.02. The zero-order valence-corrected chi connectivity index (χ0v) is 18.1. The Morgan fingerprint density at radius 1 is 1.25 bits per heavy atom. The van der Waals surface area contributed by atoms with Crippen LogP contribution in [0, 0.1) is 5.92 Å². The first kappa shape index (κ1) is 20.2. The van der Waals surface area contributed by atoms with Gasteiger partial charge in [-0.05, 0) is 45.6 Å². The maximum atomic E-state index is 12.1. The van der Waals surface area contributed by atoms with Crippen LogP contribution in [0.4, 0.5) is 0 Å². The SMILES string of the molecule is CN=C(NCC1CCN(C2CC2)C1)N1CCS(=O)(=O)C(C)(C)C1.I. The molecule has 8 heteroatoms. The van der Waals surface area contributed by atoms with Crippen molar-refractivity contribution in [2.75, 3.05) is 45.5 Å². The molecule has 0 spiro atoms. The van der Waals surface area contributed by atoms with Crippen LogP contribution in [0.5, 0.6) is 0 Å². The fraction of sp³-hybridized carbons (Fsp3) is 0.938. The predicted octanol–water partition coefficient (Wildman–Crippen LogP) is 1.17. The molecule has 1 aliphatic carbocycles. The molecule has 6 nitrogen and oxygen atoms in total. The molecule has 0 aromatic heterocycles. The summed E-state index contributed by atoms with van der Waals surface area (Å²) in [6.45, 7) is 8.01. The Morgan fingerprint density at radius 3 is 2.54 bits per heavy atom. The van der Waals surface area contributed by atoms with Crippen molar-refractivity contribution in [3.8, 4) is 0 Å². The molecule has 24 heavy (non-hydrogen) atoms. The van der Waals surface area contributed by atoms with E-state index in [0.717, 1.165) is 18.5 Å². The maximum Gasteiger partial charge on any atom is 0.193 e. The molecule has 0 bridgehead atoms. The van der Waals surface area contributed by atoms with E-state index in [9.17, 15) is 8.42 Å². The van der Waals surface area contributed by atoms with Gasteiger partial charge in [0.25, 0.3) is 0 Å². The van der Waals surface area contributed by atoms with Gasteiger partial charge in [-0.3, -0.25) is 4.99 Å². The Morgan fingerprint density at radius 2 is 1.96 bits per heavy atom. The summed E-state index contributed by atoms with van der Waals surface area (Å²) in [5.41, 5.74) is 0. The number of nitrogens with one attached hydrogen (secondary N) is 1. The quantitative estimate of drug-likeness (QED) is 0.381. The number of guanidine groups is 1. The summed E-state index contributed by atoms with van der Waals surface area (Å²) in [5, 5.41) is 3.48. The highest BCUT2D eigenvalue weighted by molar-refractivity contribution is 14.0. The van der Waals surface area contributed by atoms with Gasteiger partial charge in [-0.15, -0.1) is 24.0 Å². The first-order valence-corrected chi connectivity index (χ1v) is 10.4. The highest BCUT2D eigenvalue weighted by atomic mass is 127. The molecule has 3 fully saturated rings. The number of sulfone groups is 1. The van der Waals surface area contributed by atoms with E-state index in [0.29, 0.717) is 19.0 Å². The van der Waals surface area contributed by atoms with Crippen LogP contribution >= 0.6 is 24.0 Å². The number of nitrogens with zero attached hydrogens (tertiary/aromatic N) is 3. The summed E-state index contributed by atoms with van der Waals surface area (Å²) in [6.07, 6.45) is 4.00. The Bertz CT molecular complexity index is 575. The number of rotatable bonds is 3. The van der Waals surface area contributed by atoms with Crippen molar-refractivity contribution in [3.05, 3.63) is 0 Å². The minimum atomic E-state index is -3.01. The van der Waals surface area contributed by atoms with Gasteiger partial charge in [-0.1, -0.05) is 0 Å². The van der Waals surface area contributed by atoms with Crippen molar-refractivity contribution in [2.45, 2.75) is 43.9 Å². The van der Waals surface area contributed by atoms with Crippen LogP contribution in [0.3, 0.4) is 0 Å². The first-order chi connectivity index (χ1) is 10.8. The average molecular weight is 470 g/mol. The summed E-state index contributed by atoms with van der Waals surface area (Å²) in [6, 6.07) is 0.854. The van der Waals surface area contributed by atoms with Crippen molar-refractivity contribution in [2.24, 2.45) is 10.9 Å². The zero-order valence-electron chi connectivity index (χ0n) is 15.0. The zero-order chi connectivity index (χ0) is 16.7. The van der Waals surface area contributed by atoms with Crippen molar-refractivity contribution in [1.29, 1.82) is 0 Å². The highest BCUT2D eigenvalue weighted by Gasteiger charge is 2.41. The standard InChI is InChI=1S/C16H30N4O2S.HI/c1-16(2)12-20(8-9-23(16,21)22)15(17-3)18-10-13-6-7-19(11-13)14-4-5-14;/h13-14H,4-12H2,1-3H3,(H,17,18);1H. The van der Waals surface area contributed by atoms with Crippen LogP contribution in [0.1, 0.15) is 33.1 Å². The maximum absolute atomic E-state index is 12.1. The highest BCUT2D eigenvalue weighted by Crippen LogP contribution is 2.31. The van der Waals surface area contributed by atoms with E-state index in [2.05, 4.69) is 20.1 Å². The number of aliphatic imine (C=N–C) groups is 1. The van der Waals surface area contributed by atoms with Gasteiger partial charge in [0.2, 0.25) is 0 Å². The van der Waals surface area contributed by atoms with E-state index in [-0.39, 0.29) is 29.7 Å². The Labute approximate surface area is 163 Å². The molecule has 0 radical (unpaired) electrons. The molecule has 0 amide bonds. The molecule has 140 valence electrons. The lowest BCUT2D eigenvalue weighted by atomic mass is 10.1. The Hall–Kier alpha value is -0.0900. The van der Waals surface area contributed by atoms with E-state index in [1.807, 2.05) is 13.8 Å². The summed E-state index contributed by atoms with van der Waals surface area (Å²) in [7, 11) is -1.23. The summed E-state index contributed by atoms with van der Waals surface area (Å²) in [5.74, 6) is 1.73. The minimum Gasteiger partial charge on any atom is -0.356 e. The second kappa shape index (κ2) is 7.65. The Kier molecular flexibility index (Phi) is 6.45. The Balaban J connectivity index is 0.00000208. The number of hydrogen-bond acceptors (Lipinski definition) is 4. The lowest BCUT2D eigenvalue weighted by Gasteiger charge is -2.39. The van der Waals surface area contributed by atoms with Crippen molar-refractivity contribution in [1.82, 2.24) is 15.1 Å². The van der Waals surface area contributed by atoms with Gasteiger partial charge in [0, 0.05) is 39.3 Å². The summed E-state index contributed by atoms with van der Waals surface area (Å²) >= 11 is 0. The van der Waals surface area contributed by atoms with E-state index >= 15 is 0 Å². The van der Waals surface area contributed by atoms with E-state index < -0.39 is 14.6 Å². The molecular formula is C16H31IN4O2S. The number of likely N-dealkylation sites (tertiary alicyclic amines) is 1. The monoisotopic (exact) mass is 470 g/mol. The third-order valence-electron chi connectivity index (χ3n) is 5.48. The van der Waals surface area contributed by atoms with Crippen LogP contribution < -0.4 is 5.32 Å². The molecule has 2 aliphatic heterocycles. The molecular weight excluding hydrogens is 439 g/mol. The van der Waals surface area contributed by atoms with Crippen molar-refractivity contribution >= 4 is 39.8 Å². The molecule has 1 N–H and O–H groups in total. The van der Waals surface area contributed by atoms with Gasteiger partial charge in [-0.2, -0.15) is 0 Å². The van der Waals surface area contributed by atoms with Gasteiger partial charge in [-0.25, -0.2) is 8.42 Å². The third kappa shape index (κ3) is 4.35. The molecule has 1 saturated carbocycles. The summed E-state index contributed by atoms with van der Waals surface area (Å²) in [4.78, 5) is 9.08. The molecule has 1 atom stereocenters.